The fourth-order valence-electron chi connectivity index (χ4n) is 2.19. The number of alkyl halides is 3. The monoisotopic (exact) mass is 233 g/mol. The van der Waals surface area contributed by atoms with Crippen molar-refractivity contribution in [3.63, 3.8) is 0 Å². The first-order chi connectivity index (χ1) is 7.48. The van der Waals surface area contributed by atoms with Gasteiger partial charge in [-0.15, -0.1) is 0 Å². The number of nitrogens with zero attached hydrogens (tertiary/aromatic N) is 2. The molecule has 0 radical (unpaired) electrons. The summed E-state index contributed by atoms with van der Waals surface area (Å²) in [7, 11) is 1.70. The molecule has 1 saturated heterocycles. The van der Waals surface area contributed by atoms with E-state index in [2.05, 4.69) is 10.4 Å². The first-order valence-electron chi connectivity index (χ1n) is 5.27. The molecule has 1 aliphatic heterocycles. The van der Waals surface area contributed by atoms with Gasteiger partial charge >= 0.3 is 6.18 Å². The molecule has 0 aliphatic carbocycles. The molecule has 2 heterocycles. The molecule has 0 aromatic carbocycles. The topological polar surface area (TPSA) is 29.9 Å². The molecule has 90 valence electrons. The zero-order valence-electron chi connectivity index (χ0n) is 8.96. The molecule has 1 N–H and O–H groups in total. The van der Waals surface area contributed by atoms with Crippen LogP contribution in [0.15, 0.2) is 12.4 Å². The second-order valence-corrected chi connectivity index (χ2v) is 4.17. The van der Waals surface area contributed by atoms with Crippen LogP contribution in [0.2, 0.25) is 0 Å². The highest BCUT2D eigenvalue weighted by Gasteiger charge is 2.46. The molecule has 1 aromatic rings. The van der Waals surface area contributed by atoms with Crippen LogP contribution in [-0.4, -0.2) is 22.5 Å². The molecule has 0 bridgehead atoms. The Balaban J connectivity index is 2.23. The van der Waals surface area contributed by atoms with Crippen LogP contribution in [0.1, 0.15) is 24.4 Å². The van der Waals surface area contributed by atoms with E-state index in [0.717, 1.165) is 0 Å². The maximum absolute atomic E-state index is 12.8. The van der Waals surface area contributed by atoms with Crippen molar-refractivity contribution in [1.29, 1.82) is 0 Å². The Bertz CT molecular complexity index is 358. The van der Waals surface area contributed by atoms with Crippen LogP contribution < -0.4 is 5.32 Å². The van der Waals surface area contributed by atoms with Gasteiger partial charge in [0.25, 0.3) is 0 Å². The molecular formula is C10H14F3N3. The van der Waals surface area contributed by atoms with Crippen molar-refractivity contribution < 1.29 is 13.2 Å². The number of hydrogen-bond donors (Lipinski definition) is 1. The van der Waals surface area contributed by atoms with Gasteiger partial charge < -0.3 is 5.32 Å². The molecule has 3 nitrogen and oxygen atoms in total. The number of rotatable bonds is 1. The van der Waals surface area contributed by atoms with Gasteiger partial charge in [0.1, 0.15) is 0 Å². The molecule has 2 unspecified atom stereocenters. The van der Waals surface area contributed by atoms with Gasteiger partial charge in [-0.3, -0.25) is 4.68 Å². The Morgan fingerprint density at radius 2 is 2.25 bits per heavy atom. The van der Waals surface area contributed by atoms with E-state index in [1.807, 2.05) is 0 Å². The molecule has 2 atom stereocenters. The molecule has 1 aliphatic rings. The largest absolute Gasteiger partial charge is 0.393 e. The van der Waals surface area contributed by atoms with Crippen molar-refractivity contribution in [3.05, 3.63) is 18.0 Å². The van der Waals surface area contributed by atoms with E-state index in [4.69, 9.17) is 0 Å². The van der Waals surface area contributed by atoms with Crippen molar-refractivity contribution >= 4 is 0 Å². The van der Waals surface area contributed by atoms with Gasteiger partial charge in [-0.1, -0.05) is 0 Å². The average Bonchev–Trinajstić information content (AvgIpc) is 2.64. The third-order valence-corrected chi connectivity index (χ3v) is 2.96. The number of halogens is 3. The van der Waals surface area contributed by atoms with Crippen molar-refractivity contribution in [1.82, 2.24) is 15.1 Å². The smallest absolute Gasteiger partial charge is 0.309 e. The van der Waals surface area contributed by atoms with E-state index in [9.17, 15) is 13.2 Å². The lowest BCUT2D eigenvalue weighted by molar-refractivity contribution is -0.189. The normalized spacial score (nSPS) is 27.0. The van der Waals surface area contributed by atoms with Gasteiger partial charge in [-0.2, -0.15) is 18.3 Å². The van der Waals surface area contributed by atoms with Crippen LogP contribution in [0.5, 0.6) is 0 Å². The van der Waals surface area contributed by atoms with Gasteiger partial charge in [-0.25, -0.2) is 0 Å². The second kappa shape index (κ2) is 4.08. The maximum Gasteiger partial charge on any atom is 0.393 e. The number of hydrogen-bond acceptors (Lipinski definition) is 2. The highest BCUT2D eigenvalue weighted by atomic mass is 19.4. The van der Waals surface area contributed by atoms with Crippen LogP contribution in [0, 0.1) is 5.92 Å². The van der Waals surface area contributed by atoms with Crippen molar-refractivity contribution in [2.24, 2.45) is 13.0 Å². The van der Waals surface area contributed by atoms with E-state index >= 15 is 0 Å². The van der Waals surface area contributed by atoms with Gasteiger partial charge in [0, 0.05) is 24.8 Å². The Kier molecular flexibility index (Phi) is 2.92. The summed E-state index contributed by atoms with van der Waals surface area (Å²) < 4.78 is 40.0. The van der Waals surface area contributed by atoms with Gasteiger partial charge in [-0.05, 0) is 19.4 Å². The zero-order chi connectivity index (χ0) is 11.8. The lowest BCUT2D eigenvalue weighted by atomic mass is 9.87. The van der Waals surface area contributed by atoms with Crippen molar-refractivity contribution in [2.75, 3.05) is 6.54 Å². The zero-order valence-corrected chi connectivity index (χ0v) is 8.96. The van der Waals surface area contributed by atoms with Crippen molar-refractivity contribution in [3.8, 4) is 0 Å². The number of nitrogens with one attached hydrogen (secondary N) is 1. The fourth-order valence-corrected chi connectivity index (χ4v) is 2.19. The highest BCUT2D eigenvalue weighted by Crippen LogP contribution is 2.40. The summed E-state index contributed by atoms with van der Waals surface area (Å²) in [5.41, 5.74) is 0.615. The summed E-state index contributed by atoms with van der Waals surface area (Å²) in [6.07, 6.45) is -0.242. The maximum atomic E-state index is 12.8. The van der Waals surface area contributed by atoms with Crippen LogP contribution >= 0.6 is 0 Å². The minimum atomic E-state index is -4.14. The highest BCUT2D eigenvalue weighted by molar-refractivity contribution is 5.13. The molecule has 1 fully saturated rings. The SMILES string of the molecule is Cn1cc(C2NCCCC2C(F)(F)F)cn1. The van der Waals surface area contributed by atoms with E-state index < -0.39 is 18.1 Å². The number of aromatic nitrogens is 2. The van der Waals surface area contributed by atoms with E-state index in [1.54, 1.807) is 13.2 Å². The quantitative estimate of drug-likeness (QED) is 0.804. The minimum Gasteiger partial charge on any atom is -0.309 e. The molecule has 0 amide bonds. The second-order valence-electron chi connectivity index (χ2n) is 4.17. The predicted molar refractivity (Wildman–Crippen MR) is 52.7 cm³/mol. The molecule has 6 heteroatoms. The Morgan fingerprint density at radius 3 is 2.81 bits per heavy atom. The molecule has 0 saturated carbocycles. The first-order valence-corrected chi connectivity index (χ1v) is 5.27. The third-order valence-electron chi connectivity index (χ3n) is 2.96. The standard InChI is InChI=1S/C10H14F3N3/c1-16-6-7(5-15-16)9-8(10(11,12)13)3-2-4-14-9/h5-6,8-9,14H,2-4H2,1H3. The van der Waals surface area contributed by atoms with Gasteiger partial charge in [0.2, 0.25) is 0 Å². The summed E-state index contributed by atoms with van der Waals surface area (Å²) in [6, 6.07) is -0.651. The lowest BCUT2D eigenvalue weighted by Crippen LogP contribution is -2.41. The predicted octanol–water partition coefficient (Wildman–Crippen LogP) is 2.02. The Hall–Kier alpha value is -1.04. The Labute approximate surface area is 91.6 Å². The molecule has 1 aromatic heterocycles. The van der Waals surface area contributed by atoms with Gasteiger partial charge in [0.15, 0.2) is 0 Å². The number of aryl methyl sites for hydroxylation is 1. The van der Waals surface area contributed by atoms with E-state index in [0.29, 0.717) is 18.5 Å². The van der Waals surface area contributed by atoms with Crippen LogP contribution in [0.3, 0.4) is 0 Å². The summed E-state index contributed by atoms with van der Waals surface area (Å²) in [5.74, 6) is -1.30. The van der Waals surface area contributed by atoms with Gasteiger partial charge in [0.05, 0.1) is 12.1 Å². The molecule has 2 rings (SSSR count). The fraction of sp³-hybridized carbons (Fsp3) is 0.700. The average molecular weight is 233 g/mol. The van der Waals surface area contributed by atoms with Crippen LogP contribution in [0.25, 0.3) is 0 Å². The summed E-state index contributed by atoms with van der Waals surface area (Å²) in [6.45, 7) is 0.631. The van der Waals surface area contributed by atoms with Crippen LogP contribution in [0.4, 0.5) is 13.2 Å². The number of piperidine rings is 1. The third kappa shape index (κ3) is 2.21. The molecule has 0 spiro atoms. The molecular weight excluding hydrogens is 219 g/mol. The van der Waals surface area contributed by atoms with E-state index in [-0.39, 0.29) is 6.42 Å². The summed E-state index contributed by atoms with van der Waals surface area (Å²) in [5, 5.41) is 6.85. The van der Waals surface area contributed by atoms with Crippen LogP contribution in [-0.2, 0) is 7.05 Å². The minimum absolute atomic E-state index is 0.191. The summed E-state index contributed by atoms with van der Waals surface area (Å²) >= 11 is 0. The molecule has 16 heavy (non-hydrogen) atoms. The summed E-state index contributed by atoms with van der Waals surface area (Å²) in [4.78, 5) is 0. The van der Waals surface area contributed by atoms with E-state index in [1.165, 1.54) is 10.9 Å². The lowest BCUT2D eigenvalue weighted by Gasteiger charge is -2.33. The Morgan fingerprint density at radius 1 is 1.50 bits per heavy atom. The first kappa shape index (κ1) is 11.4. The van der Waals surface area contributed by atoms with Crippen molar-refractivity contribution in [2.45, 2.75) is 25.1 Å².